The second kappa shape index (κ2) is 7.58. The van der Waals surface area contributed by atoms with Crippen LogP contribution in [-0.4, -0.2) is 22.5 Å². The number of aromatic nitrogens is 1. The Morgan fingerprint density at radius 1 is 1.16 bits per heavy atom. The highest BCUT2D eigenvalue weighted by atomic mass is 32.1. The summed E-state index contributed by atoms with van der Waals surface area (Å²) in [4.78, 5) is 24.3. The van der Waals surface area contributed by atoms with Gasteiger partial charge in [-0.15, -0.1) is 11.3 Å². The van der Waals surface area contributed by atoms with Gasteiger partial charge in [0.1, 0.15) is 6.04 Å². The lowest BCUT2D eigenvalue weighted by atomic mass is 10.2. The third-order valence-electron chi connectivity index (χ3n) is 3.65. The van der Waals surface area contributed by atoms with E-state index in [1.807, 2.05) is 30.3 Å². The highest BCUT2D eigenvalue weighted by Crippen LogP contribution is 2.22. The van der Waals surface area contributed by atoms with E-state index in [0.29, 0.717) is 9.52 Å². The molecule has 0 aliphatic heterocycles. The lowest BCUT2D eigenvalue weighted by Crippen LogP contribution is -2.39. The number of benzene rings is 2. The molecular formula is C18H16N2O3S2. The minimum atomic E-state index is -0.758. The summed E-state index contributed by atoms with van der Waals surface area (Å²) < 4.78 is 8.76. The van der Waals surface area contributed by atoms with E-state index in [-0.39, 0.29) is 12.6 Å². The van der Waals surface area contributed by atoms with Crippen molar-refractivity contribution in [2.24, 2.45) is 0 Å². The molecule has 1 heterocycles. The predicted molar refractivity (Wildman–Crippen MR) is 100 cm³/mol. The van der Waals surface area contributed by atoms with Gasteiger partial charge in [0, 0.05) is 5.56 Å². The number of carbonyl (C=O) groups excluding carboxylic acids is 2. The van der Waals surface area contributed by atoms with Gasteiger partial charge in [0.25, 0.3) is 5.91 Å². The predicted octanol–water partition coefficient (Wildman–Crippen LogP) is 3.75. The fourth-order valence-electron chi connectivity index (χ4n) is 2.32. The van der Waals surface area contributed by atoms with Crippen LogP contribution >= 0.6 is 23.6 Å². The number of thiazole rings is 1. The molecule has 0 radical (unpaired) electrons. The lowest BCUT2D eigenvalue weighted by molar-refractivity contribution is -0.149. The largest absolute Gasteiger partial charge is 0.442 e. The molecule has 0 bridgehead atoms. The Morgan fingerprint density at radius 2 is 1.84 bits per heavy atom. The third kappa shape index (κ3) is 3.94. The van der Waals surface area contributed by atoms with Gasteiger partial charge in [-0.2, -0.15) is 0 Å². The molecule has 0 aliphatic carbocycles. The monoisotopic (exact) mass is 372 g/mol. The topological polar surface area (TPSA) is 60.3 Å². The van der Waals surface area contributed by atoms with Gasteiger partial charge in [0.2, 0.25) is 0 Å². The van der Waals surface area contributed by atoms with Crippen LogP contribution < -0.4 is 5.32 Å². The van der Waals surface area contributed by atoms with Crippen LogP contribution in [0.4, 0.5) is 0 Å². The van der Waals surface area contributed by atoms with Gasteiger partial charge in [-0.05, 0) is 43.4 Å². The van der Waals surface area contributed by atoms with Crippen molar-refractivity contribution >= 4 is 45.6 Å². The number of nitrogens with zero attached hydrogens (tertiary/aromatic N) is 1. The van der Waals surface area contributed by atoms with Crippen LogP contribution in [0.3, 0.4) is 0 Å². The van der Waals surface area contributed by atoms with Gasteiger partial charge in [-0.25, -0.2) is 4.79 Å². The second-order valence-electron chi connectivity index (χ2n) is 5.42. The Labute approximate surface area is 153 Å². The molecule has 3 aromatic rings. The number of amides is 1. The fourth-order valence-corrected chi connectivity index (χ4v) is 3.62. The molecule has 128 valence electrons. The minimum Gasteiger partial charge on any atom is -0.442 e. The van der Waals surface area contributed by atoms with E-state index in [0.717, 1.165) is 10.2 Å². The molecule has 0 fully saturated rings. The van der Waals surface area contributed by atoms with E-state index >= 15 is 0 Å². The van der Waals surface area contributed by atoms with Crippen molar-refractivity contribution in [3.8, 4) is 0 Å². The number of hydrogen-bond donors (Lipinski definition) is 1. The Balaban J connectivity index is 1.63. The molecule has 1 N–H and O–H groups in total. The molecule has 0 aliphatic rings. The standard InChI is InChI=1S/C18H16N2O3S2/c1-12(19-16(21)13-7-3-2-4-8-13)17(22)23-11-20-14-9-5-6-10-15(14)25-18(20)24/h2-10,12H,11H2,1H3,(H,19,21). The summed E-state index contributed by atoms with van der Waals surface area (Å²) in [5.74, 6) is -0.830. The summed E-state index contributed by atoms with van der Waals surface area (Å²) in [7, 11) is 0. The number of carbonyl (C=O) groups is 2. The van der Waals surface area contributed by atoms with E-state index in [1.54, 1.807) is 35.8 Å². The smallest absolute Gasteiger partial charge is 0.330 e. The molecule has 25 heavy (non-hydrogen) atoms. The number of hydrogen-bond acceptors (Lipinski definition) is 5. The summed E-state index contributed by atoms with van der Waals surface area (Å²) in [5, 5.41) is 2.63. The summed E-state index contributed by atoms with van der Waals surface area (Å²) in [6.07, 6.45) is 0. The number of fused-ring (bicyclic) bond motifs is 1. The molecule has 0 spiro atoms. The van der Waals surface area contributed by atoms with Gasteiger partial charge >= 0.3 is 5.97 Å². The number of rotatable bonds is 5. The Hall–Kier alpha value is -2.51. The number of esters is 1. The summed E-state index contributed by atoms with van der Waals surface area (Å²) in [6.45, 7) is 1.61. The molecule has 0 saturated heterocycles. The molecule has 1 amide bonds. The van der Waals surface area contributed by atoms with E-state index in [2.05, 4.69) is 5.32 Å². The zero-order chi connectivity index (χ0) is 17.8. The first kappa shape index (κ1) is 17.3. The van der Waals surface area contributed by atoms with Crippen LogP contribution in [0, 0.1) is 3.95 Å². The fraction of sp³-hybridized carbons (Fsp3) is 0.167. The first-order valence-corrected chi connectivity index (χ1v) is 8.89. The quantitative estimate of drug-likeness (QED) is 0.547. The molecule has 5 nitrogen and oxygen atoms in total. The molecular weight excluding hydrogens is 356 g/mol. The van der Waals surface area contributed by atoms with Crippen molar-refractivity contribution in [3.63, 3.8) is 0 Å². The molecule has 1 atom stereocenters. The van der Waals surface area contributed by atoms with Crippen LogP contribution in [0.1, 0.15) is 17.3 Å². The SMILES string of the molecule is CC(NC(=O)c1ccccc1)C(=O)OCn1c(=S)sc2ccccc21. The maximum absolute atomic E-state index is 12.2. The lowest BCUT2D eigenvalue weighted by Gasteiger charge is -2.14. The third-order valence-corrected chi connectivity index (χ3v) is 5.08. The van der Waals surface area contributed by atoms with Gasteiger partial charge in [-0.1, -0.05) is 30.3 Å². The van der Waals surface area contributed by atoms with Gasteiger partial charge in [0.05, 0.1) is 10.2 Å². The summed E-state index contributed by atoms with van der Waals surface area (Å²) >= 11 is 6.79. The minimum absolute atomic E-state index is 0.0211. The zero-order valence-electron chi connectivity index (χ0n) is 13.5. The Kier molecular flexibility index (Phi) is 5.25. The van der Waals surface area contributed by atoms with E-state index in [9.17, 15) is 9.59 Å². The zero-order valence-corrected chi connectivity index (χ0v) is 15.1. The highest BCUT2D eigenvalue weighted by Gasteiger charge is 2.18. The average molecular weight is 372 g/mol. The van der Waals surface area contributed by atoms with E-state index in [4.69, 9.17) is 17.0 Å². The van der Waals surface area contributed by atoms with Crippen molar-refractivity contribution < 1.29 is 14.3 Å². The molecule has 2 aromatic carbocycles. The maximum Gasteiger partial charge on any atom is 0.330 e. The number of para-hydroxylation sites is 1. The van der Waals surface area contributed by atoms with Crippen molar-refractivity contribution in [2.45, 2.75) is 19.7 Å². The van der Waals surface area contributed by atoms with Crippen LogP contribution in [-0.2, 0) is 16.3 Å². The van der Waals surface area contributed by atoms with Crippen molar-refractivity contribution in [3.05, 3.63) is 64.1 Å². The molecule has 1 aromatic heterocycles. The van der Waals surface area contributed by atoms with Gasteiger partial charge in [0.15, 0.2) is 10.7 Å². The first-order valence-electron chi connectivity index (χ1n) is 7.67. The summed E-state index contributed by atoms with van der Waals surface area (Å²) in [6, 6.07) is 15.7. The first-order chi connectivity index (χ1) is 12.1. The number of nitrogens with one attached hydrogen (secondary N) is 1. The van der Waals surface area contributed by atoms with Crippen LogP contribution in [0.2, 0.25) is 0 Å². The maximum atomic E-state index is 12.2. The second-order valence-corrected chi connectivity index (χ2v) is 7.09. The van der Waals surface area contributed by atoms with E-state index in [1.165, 1.54) is 11.3 Å². The molecule has 0 saturated carbocycles. The van der Waals surface area contributed by atoms with E-state index < -0.39 is 12.0 Å². The van der Waals surface area contributed by atoms with Gasteiger partial charge in [-0.3, -0.25) is 9.36 Å². The molecule has 1 unspecified atom stereocenters. The number of ether oxygens (including phenoxy) is 1. The van der Waals surface area contributed by atoms with Crippen LogP contribution in [0.5, 0.6) is 0 Å². The average Bonchev–Trinajstić information content (AvgIpc) is 2.95. The normalized spacial score (nSPS) is 11.9. The van der Waals surface area contributed by atoms with Crippen molar-refractivity contribution in [1.82, 2.24) is 9.88 Å². The van der Waals surface area contributed by atoms with Crippen LogP contribution in [0.15, 0.2) is 54.6 Å². The highest BCUT2D eigenvalue weighted by molar-refractivity contribution is 7.73. The van der Waals surface area contributed by atoms with Crippen molar-refractivity contribution in [1.29, 1.82) is 0 Å². The van der Waals surface area contributed by atoms with Crippen LogP contribution in [0.25, 0.3) is 10.2 Å². The Bertz CT molecular complexity index is 963. The van der Waals surface area contributed by atoms with Crippen molar-refractivity contribution in [2.75, 3.05) is 0 Å². The summed E-state index contributed by atoms with van der Waals surface area (Å²) in [5.41, 5.74) is 1.42. The molecule has 7 heteroatoms. The molecule has 3 rings (SSSR count). The van der Waals surface area contributed by atoms with Gasteiger partial charge < -0.3 is 10.1 Å². The Morgan fingerprint density at radius 3 is 2.60 bits per heavy atom.